The first kappa shape index (κ1) is 17.0. The molecule has 8 heteroatoms. The minimum Gasteiger partial charge on any atom is -0.493 e. The number of benzene rings is 1. The molecule has 1 aliphatic rings. The number of hydrogen-bond donors (Lipinski definition) is 1. The Kier molecular flexibility index (Phi) is 5.23. The van der Waals surface area contributed by atoms with Crippen molar-refractivity contribution in [3.05, 3.63) is 23.0 Å². The molecule has 2 aromatic rings. The standard InChI is InChI=1S/C16H20ClN3O4/c1-3-22-14-11(17)6-10(7-12(14)21-2)15-19-16(24-20-15)13-9(8-18)4-5-23-13/h6-7,9,13H,3-5,8,18H2,1-2H3/t9-,13-/m0/s1. The highest BCUT2D eigenvalue weighted by Crippen LogP contribution is 2.39. The second kappa shape index (κ2) is 7.38. The number of rotatable bonds is 6. The van der Waals surface area contributed by atoms with E-state index in [-0.39, 0.29) is 12.0 Å². The molecular formula is C16H20ClN3O4. The number of halogens is 1. The van der Waals surface area contributed by atoms with Gasteiger partial charge < -0.3 is 24.5 Å². The van der Waals surface area contributed by atoms with Gasteiger partial charge in [-0.05, 0) is 32.0 Å². The largest absolute Gasteiger partial charge is 0.493 e. The summed E-state index contributed by atoms with van der Waals surface area (Å²) >= 11 is 6.29. The molecule has 0 aliphatic carbocycles. The maximum absolute atomic E-state index is 6.29. The van der Waals surface area contributed by atoms with Crippen LogP contribution in [0.5, 0.6) is 11.5 Å². The second-order valence-corrected chi connectivity index (χ2v) is 5.86. The van der Waals surface area contributed by atoms with Crippen molar-refractivity contribution in [2.75, 3.05) is 26.9 Å². The van der Waals surface area contributed by atoms with Crippen LogP contribution in [0.25, 0.3) is 11.4 Å². The normalized spacial score (nSPS) is 20.3. The van der Waals surface area contributed by atoms with Crippen LogP contribution in [0.4, 0.5) is 0 Å². The quantitative estimate of drug-likeness (QED) is 0.853. The predicted molar refractivity (Wildman–Crippen MR) is 88.3 cm³/mol. The van der Waals surface area contributed by atoms with E-state index in [2.05, 4.69) is 10.1 Å². The van der Waals surface area contributed by atoms with Gasteiger partial charge in [-0.25, -0.2) is 0 Å². The van der Waals surface area contributed by atoms with Crippen molar-refractivity contribution in [2.45, 2.75) is 19.4 Å². The lowest BCUT2D eigenvalue weighted by Crippen LogP contribution is -2.18. The summed E-state index contributed by atoms with van der Waals surface area (Å²) in [6, 6.07) is 3.49. The average molecular weight is 354 g/mol. The molecular weight excluding hydrogens is 334 g/mol. The van der Waals surface area contributed by atoms with Crippen molar-refractivity contribution < 1.29 is 18.7 Å². The number of nitrogens with two attached hydrogens (primary N) is 1. The zero-order valence-corrected chi connectivity index (χ0v) is 14.4. The maximum Gasteiger partial charge on any atom is 0.256 e. The zero-order chi connectivity index (χ0) is 17.1. The van der Waals surface area contributed by atoms with Gasteiger partial charge >= 0.3 is 0 Å². The van der Waals surface area contributed by atoms with Crippen LogP contribution in [-0.2, 0) is 4.74 Å². The second-order valence-electron chi connectivity index (χ2n) is 5.45. The number of nitrogens with zero attached hydrogens (tertiary/aromatic N) is 2. The van der Waals surface area contributed by atoms with E-state index in [1.807, 2.05) is 6.92 Å². The lowest BCUT2D eigenvalue weighted by atomic mass is 10.0. The first-order chi connectivity index (χ1) is 11.7. The third-order valence-corrected chi connectivity index (χ3v) is 4.26. The van der Waals surface area contributed by atoms with Gasteiger partial charge in [-0.15, -0.1) is 0 Å². The fourth-order valence-corrected chi connectivity index (χ4v) is 3.01. The molecule has 0 radical (unpaired) electrons. The monoisotopic (exact) mass is 353 g/mol. The number of methoxy groups -OCH3 is 1. The Morgan fingerprint density at radius 2 is 2.25 bits per heavy atom. The molecule has 130 valence electrons. The van der Waals surface area contributed by atoms with Crippen molar-refractivity contribution in [2.24, 2.45) is 11.7 Å². The van der Waals surface area contributed by atoms with Crippen LogP contribution in [0.15, 0.2) is 16.7 Å². The van der Waals surface area contributed by atoms with Gasteiger partial charge in [0.25, 0.3) is 5.89 Å². The van der Waals surface area contributed by atoms with Gasteiger partial charge in [0.1, 0.15) is 6.10 Å². The van der Waals surface area contributed by atoms with Gasteiger partial charge in [-0.3, -0.25) is 0 Å². The molecule has 1 aromatic carbocycles. The molecule has 0 unspecified atom stereocenters. The predicted octanol–water partition coefficient (Wildman–Crippen LogP) is 2.83. The molecule has 0 amide bonds. The van der Waals surface area contributed by atoms with E-state index >= 15 is 0 Å². The Hall–Kier alpha value is -1.83. The van der Waals surface area contributed by atoms with Gasteiger partial charge in [0.15, 0.2) is 11.5 Å². The third kappa shape index (κ3) is 3.19. The summed E-state index contributed by atoms with van der Waals surface area (Å²) in [5.74, 6) is 2.05. The van der Waals surface area contributed by atoms with Crippen molar-refractivity contribution in [3.8, 4) is 22.9 Å². The summed E-state index contributed by atoms with van der Waals surface area (Å²) in [5, 5.41) is 4.46. The molecule has 1 aromatic heterocycles. The Bertz CT molecular complexity index is 707. The zero-order valence-electron chi connectivity index (χ0n) is 13.6. The molecule has 2 heterocycles. The summed E-state index contributed by atoms with van der Waals surface area (Å²) < 4.78 is 21.9. The molecule has 1 fully saturated rings. The van der Waals surface area contributed by atoms with Crippen LogP contribution in [0.1, 0.15) is 25.3 Å². The van der Waals surface area contributed by atoms with Gasteiger partial charge in [-0.2, -0.15) is 4.98 Å². The molecule has 7 nitrogen and oxygen atoms in total. The highest BCUT2D eigenvalue weighted by molar-refractivity contribution is 6.32. The van der Waals surface area contributed by atoms with E-state index in [0.717, 1.165) is 6.42 Å². The molecule has 2 N–H and O–H groups in total. The average Bonchev–Trinajstić information content (AvgIpc) is 3.24. The summed E-state index contributed by atoms with van der Waals surface area (Å²) in [7, 11) is 1.55. The van der Waals surface area contributed by atoms with Crippen LogP contribution >= 0.6 is 11.6 Å². The van der Waals surface area contributed by atoms with E-state index in [1.54, 1.807) is 19.2 Å². The van der Waals surface area contributed by atoms with E-state index in [9.17, 15) is 0 Å². The first-order valence-corrected chi connectivity index (χ1v) is 8.21. The number of ether oxygens (including phenoxy) is 3. The molecule has 0 spiro atoms. The molecule has 24 heavy (non-hydrogen) atoms. The van der Waals surface area contributed by atoms with E-state index in [0.29, 0.717) is 53.6 Å². The van der Waals surface area contributed by atoms with Gasteiger partial charge in [0, 0.05) is 18.1 Å². The van der Waals surface area contributed by atoms with Crippen molar-refractivity contribution in [3.63, 3.8) is 0 Å². The summed E-state index contributed by atoms with van der Waals surface area (Å²) in [5.41, 5.74) is 6.44. The van der Waals surface area contributed by atoms with E-state index < -0.39 is 0 Å². The Morgan fingerprint density at radius 3 is 2.96 bits per heavy atom. The fourth-order valence-electron chi connectivity index (χ4n) is 2.75. The van der Waals surface area contributed by atoms with Crippen LogP contribution in [0.2, 0.25) is 5.02 Å². The molecule has 2 atom stereocenters. The number of aromatic nitrogens is 2. The summed E-state index contributed by atoms with van der Waals surface area (Å²) in [6.07, 6.45) is 0.637. The minimum absolute atomic E-state index is 0.191. The molecule has 1 aliphatic heterocycles. The highest BCUT2D eigenvalue weighted by atomic mass is 35.5. The smallest absolute Gasteiger partial charge is 0.256 e. The Morgan fingerprint density at radius 1 is 1.42 bits per heavy atom. The molecule has 0 bridgehead atoms. The SMILES string of the molecule is CCOc1c(Cl)cc(-c2noc([C@H]3OCC[C@H]3CN)n2)cc1OC. The third-order valence-electron chi connectivity index (χ3n) is 3.98. The first-order valence-electron chi connectivity index (χ1n) is 7.83. The van der Waals surface area contributed by atoms with Gasteiger partial charge in [0.2, 0.25) is 5.82 Å². The van der Waals surface area contributed by atoms with E-state index in [1.165, 1.54) is 0 Å². The fraction of sp³-hybridized carbons (Fsp3) is 0.500. The Balaban J connectivity index is 1.91. The van der Waals surface area contributed by atoms with Crippen molar-refractivity contribution >= 4 is 11.6 Å². The van der Waals surface area contributed by atoms with Crippen LogP contribution < -0.4 is 15.2 Å². The van der Waals surface area contributed by atoms with E-state index in [4.69, 9.17) is 36.1 Å². The lowest BCUT2D eigenvalue weighted by molar-refractivity contribution is 0.0642. The van der Waals surface area contributed by atoms with Crippen LogP contribution in [0.3, 0.4) is 0 Å². The summed E-state index contributed by atoms with van der Waals surface area (Å²) in [6.45, 7) is 3.53. The number of hydrogen-bond acceptors (Lipinski definition) is 7. The minimum atomic E-state index is -0.253. The molecule has 1 saturated heterocycles. The van der Waals surface area contributed by atoms with Crippen LogP contribution in [-0.4, -0.2) is 37.0 Å². The topological polar surface area (TPSA) is 92.6 Å². The van der Waals surface area contributed by atoms with Gasteiger partial charge in [0.05, 0.1) is 18.7 Å². The van der Waals surface area contributed by atoms with Crippen LogP contribution in [0, 0.1) is 5.92 Å². The van der Waals surface area contributed by atoms with Crippen molar-refractivity contribution in [1.29, 1.82) is 0 Å². The lowest BCUT2D eigenvalue weighted by Gasteiger charge is -2.12. The molecule has 0 saturated carbocycles. The maximum atomic E-state index is 6.29. The highest BCUT2D eigenvalue weighted by Gasteiger charge is 2.33. The van der Waals surface area contributed by atoms with Crippen molar-refractivity contribution in [1.82, 2.24) is 10.1 Å². The Labute approximate surface area is 145 Å². The molecule has 3 rings (SSSR count). The van der Waals surface area contributed by atoms with Gasteiger partial charge in [-0.1, -0.05) is 16.8 Å². The summed E-state index contributed by atoms with van der Waals surface area (Å²) in [4.78, 5) is 4.44.